The fourth-order valence-electron chi connectivity index (χ4n) is 0. The van der Waals surface area contributed by atoms with Crippen LogP contribution in [0, 0.1) is 0 Å². The maximum Gasteiger partial charge on any atom is 0.452 e. The molecule has 0 aliphatic rings. The Bertz CT molecular complexity index is 174. The molecular weight excluding hydrogens is 429 g/mol. The van der Waals surface area contributed by atoms with E-state index in [2.05, 4.69) is 81.2 Å². The molecule has 14 heteroatoms. The summed E-state index contributed by atoms with van der Waals surface area (Å²) in [7, 11) is 0. The molecule has 0 saturated heterocycles. The molecule has 0 unspecified atom stereocenters. The number of hydrogen-bond donors (Lipinski definition) is 0. The van der Waals surface area contributed by atoms with Crippen LogP contribution in [0.15, 0.2) is 0 Å². The van der Waals surface area contributed by atoms with Gasteiger partial charge in [-0.05, 0) is 58.0 Å². The molecule has 0 aliphatic heterocycles. The first-order chi connectivity index (χ1) is 7.25. The van der Waals surface area contributed by atoms with Gasteiger partial charge >= 0.3 is 19.7 Å². The summed E-state index contributed by atoms with van der Waals surface area (Å²) in [5.74, 6) is 0. The summed E-state index contributed by atoms with van der Waals surface area (Å²) in [5.41, 5.74) is 0. The van der Waals surface area contributed by atoms with E-state index in [9.17, 15) is 30.7 Å². The second-order valence-electron chi connectivity index (χ2n) is 1.85. The van der Waals surface area contributed by atoms with Crippen molar-refractivity contribution in [2.45, 2.75) is 19.7 Å². The molecule has 0 aliphatic carbocycles. The van der Waals surface area contributed by atoms with Crippen molar-refractivity contribution in [2.75, 3.05) is 0 Å². The Kier molecular flexibility index (Phi) is 11.9. The van der Waals surface area contributed by atoms with Crippen LogP contribution in [0.25, 0.3) is 0 Å². The van der Waals surface area contributed by atoms with E-state index in [4.69, 9.17) is 0 Å². The number of halogens is 14. The van der Waals surface area contributed by atoms with Gasteiger partial charge in [0.2, 0.25) is 0 Å². The van der Waals surface area contributed by atoms with Gasteiger partial charge < -0.3 is 0 Å². The lowest BCUT2D eigenvalue weighted by Crippen LogP contribution is -2.28. The standard InChI is InChI=1S/C2Cl2F4.CCl3F.CCl2F2/c3-1(4,5)2(6,7)8;2*2-1(3,4)5. The van der Waals surface area contributed by atoms with Crippen molar-refractivity contribution >= 4 is 81.2 Å². The molecule has 0 N–H and O–H groups in total. The fourth-order valence-corrected chi connectivity index (χ4v) is 0. The summed E-state index contributed by atoms with van der Waals surface area (Å²) in [6, 6.07) is 0. The van der Waals surface area contributed by atoms with Gasteiger partial charge in [0.25, 0.3) is 0 Å². The van der Waals surface area contributed by atoms with Crippen molar-refractivity contribution < 1.29 is 30.7 Å². The molecule has 0 aromatic rings. The lowest BCUT2D eigenvalue weighted by molar-refractivity contribution is -0.170. The summed E-state index contributed by atoms with van der Waals surface area (Å²) >= 11 is 29.1. The summed E-state index contributed by atoms with van der Waals surface area (Å²) in [6.07, 6.45) is -5.20. The van der Waals surface area contributed by atoms with Crippen molar-refractivity contribution in [1.29, 1.82) is 0 Å². The first-order valence-electron chi connectivity index (χ1n) is 2.90. The summed E-state index contributed by atoms with van der Waals surface area (Å²) in [6.45, 7) is 0. The van der Waals surface area contributed by atoms with Crippen LogP contribution >= 0.6 is 81.2 Å². The van der Waals surface area contributed by atoms with E-state index < -0.39 is 19.7 Å². The predicted molar refractivity (Wildman–Crippen MR) is 59.7 cm³/mol. The zero-order valence-corrected chi connectivity index (χ0v) is 12.6. The van der Waals surface area contributed by atoms with E-state index in [1.54, 1.807) is 0 Å². The highest BCUT2D eigenvalue weighted by Crippen LogP contribution is 2.40. The number of hydrogen-bond acceptors (Lipinski definition) is 0. The van der Waals surface area contributed by atoms with Gasteiger partial charge in [0.1, 0.15) is 0 Å². The lowest BCUT2D eigenvalue weighted by atomic mass is 10.7. The molecule has 0 aromatic carbocycles. The van der Waals surface area contributed by atoms with E-state index in [-0.39, 0.29) is 0 Å². The molecule has 114 valence electrons. The van der Waals surface area contributed by atoms with Crippen LogP contribution in [0.3, 0.4) is 0 Å². The second kappa shape index (κ2) is 8.74. The molecule has 0 spiro atoms. The molecule has 0 fully saturated rings. The quantitative estimate of drug-likeness (QED) is 0.289. The zero-order chi connectivity index (χ0) is 16.0. The maximum atomic E-state index is 11.3. The molecule has 0 nitrogen and oxygen atoms in total. The van der Waals surface area contributed by atoms with Gasteiger partial charge in [0, 0.05) is 0 Å². The van der Waals surface area contributed by atoms with E-state index in [0.29, 0.717) is 0 Å². The molecule has 0 bridgehead atoms. The van der Waals surface area contributed by atoms with Crippen LogP contribution < -0.4 is 0 Å². The molecule has 0 aromatic heterocycles. The molecule has 18 heavy (non-hydrogen) atoms. The van der Waals surface area contributed by atoms with Crippen molar-refractivity contribution in [3.05, 3.63) is 0 Å². The van der Waals surface area contributed by atoms with E-state index >= 15 is 0 Å². The largest absolute Gasteiger partial charge is 0.452 e. The summed E-state index contributed by atoms with van der Waals surface area (Å²) < 4.78 is 69.5. The minimum atomic E-state index is -5.20. The topological polar surface area (TPSA) is 0 Å². The van der Waals surface area contributed by atoms with Gasteiger partial charge in [-0.3, -0.25) is 0 Å². The number of alkyl halides is 14. The minimum absolute atomic E-state index is 2.58. The smallest absolute Gasteiger partial charge is 0.198 e. The van der Waals surface area contributed by atoms with Crippen LogP contribution in [-0.2, 0) is 0 Å². The fraction of sp³-hybridized carbons (Fsp3) is 1.00. The monoisotopic (exact) mass is 426 g/mol. The van der Waals surface area contributed by atoms with E-state index in [1.807, 2.05) is 0 Å². The summed E-state index contributed by atoms with van der Waals surface area (Å²) in [5, 5.41) is 0. The van der Waals surface area contributed by atoms with Crippen LogP contribution in [0.5, 0.6) is 0 Å². The Morgan fingerprint density at radius 3 is 0.556 bits per heavy atom. The van der Waals surface area contributed by atoms with Gasteiger partial charge in [0.05, 0.1) is 0 Å². The normalized spacial score (nSPS) is 13.0. The van der Waals surface area contributed by atoms with Crippen LogP contribution in [0.1, 0.15) is 0 Å². The highest BCUT2D eigenvalue weighted by molar-refractivity contribution is 6.66. The Morgan fingerprint density at radius 2 is 0.556 bits per heavy atom. The third kappa shape index (κ3) is 43.2. The summed E-state index contributed by atoms with van der Waals surface area (Å²) in [4.78, 5) is -3.56. The van der Waals surface area contributed by atoms with Crippen LogP contribution in [0.4, 0.5) is 30.7 Å². The highest BCUT2D eigenvalue weighted by atomic mass is 35.6. The molecule has 0 atom stereocenters. The Hall–Kier alpha value is 1.54. The third-order valence-electron chi connectivity index (χ3n) is 0.321. The average molecular weight is 429 g/mol. The Labute approximate surface area is 131 Å². The molecule has 0 saturated carbocycles. The van der Waals surface area contributed by atoms with Crippen molar-refractivity contribution in [3.63, 3.8) is 0 Å². The molecule has 0 heterocycles. The van der Waals surface area contributed by atoms with Gasteiger partial charge in [-0.1, -0.05) is 23.2 Å². The third-order valence-corrected chi connectivity index (χ3v) is 0.750. The second-order valence-corrected chi connectivity index (χ2v) is 6.37. The van der Waals surface area contributed by atoms with E-state index in [0.717, 1.165) is 0 Å². The maximum absolute atomic E-state index is 11.3. The predicted octanol–water partition coefficient (Wildman–Crippen LogP) is 6.95. The van der Waals surface area contributed by atoms with Gasteiger partial charge in [-0.25, -0.2) is 0 Å². The molecule has 0 amide bonds. The molecule has 0 rings (SSSR count). The SMILES string of the molecule is FC(Cl)(Cl)Cl.FC(F)(Cl)Cl.FC(F)(F)C(F)(Cl)Cl. The van der Waals surface area contributed by atoms with E-state index in [1.165, 1.54) is 0 Å². The van der Waals surface area contributed by atoms with Crippen LogP contribution in [-0.4, -0.2) is 19.7 Å². The first-order valence-corrected chi connectivity index (χ1v) is 5.54. The zero-order valence-electron chi connectivity index (χ0n) is 7.29. The lowest BCUT2D eigenvalue weighted by Gasteiger charge is -2.11. The van der Waals surface area contributed by atoms with Crippen LogP contribution in [0.2, 0.25) is 0 Å². The highest BCUT2D eigenvalue weighted by Gasteiger charge is 2.53. The minimum Gasteiger partial charge on any atom is -0.198 e. The average Bonchev–Trinajstić information content (AvgIpc) is 1.70. The van der Waals surface area contributed by atoms with Gasteiger partial charge in [-0.2, -0.15) is 30.7 Å². The van der Waals surface area contributed by atoms with Gasteiger partial charge in [-0.15, -0.1) is 0 Å². The van der Waals surface area contributed by atoms with Crippen molar-refractivity contribution in [1.82, 2.24) is 0 Å². The van der Waals surface area contributed by atoms with Crippen molar-refractivity contribution in [2.24, 2.45) is 0 Å². The Balaban J connectivity index is -0.000000197. The first kappa shape index (κ1) is 24.6. The van der Waals surface area contributed by atoms with Gasteiger partial charge in [0.15, 0.2) is 0 Å². The molecular formula is C4Cl7F7. The Morgan fingerprint density at radius 1 is 0.500 bits per heavy atom. The number of rotatable bonds is 0. The molecule has 0 radical (unpaired) electrons. The van der Waals surface area contributed by atoms with Crippen molar-refractivity contribution in [3.8, 4) is 0 Å².